The molecule has 1 amide bonds. The lowest BCUT2D eigenvalue weighted by Crippen LogP contribution is -2.47. The van der Waals surface area contributed by atoms with E-state index in [-0.39, 0.29) is 18.6 Å². The minimum absolute atomic E-state index is 0.0421. The summed E-state index contributed by atoms with van der Waals surface area (Å²) in [5, 5.41) is 11.9. The molecule has 2 heterocycles. The highest BCUT2D eigenvalue weighted by Gasteiger charge is 2.23. The molecular formula is C11H16N2O3S. The van der Waals surface area contributed by atoms with Gasteiger partial charge in [-0.1, -0.05) is 0 Å². The first-order valence-corrected chi connectivity index (χ1v) is 6.48. The van der Waals surface area contributed by atoms with Crippen LogP contribution in [0.4, 0.5) is 0 Å². The quantitative estimate of drug-likeness (QED) is 0.840. The Hall–Kier alpha value is -0.980. The molecule has 1 aliphatic heterocycles. The molecule has 5 nitrogen and oxygen atoms in total. The monoisotopic (exact) mass is 256 g/mol. The third-order valence-electron chi connectivity index (χ3n) is 2.69. The highest BCUT2D eigenvalue weighted by Crippen LogP contribution is 2.11. The zero-order valence-electron chi connectivity index (χ0n) is 9.76. The molecule has 94 valence electrons. The highest BCUT2D eigenvalue weighted by atomic mass is 32.1. The van der Waals surface area contributed by atoms with Gasteiger partial charge < -0.3 is 14.7 Å². The summed E-state index contributed by atoms with van der Waals surface area (Å²) in [4.78, 5) is 18.0. The van der Waals surface area contributed by atoms with Gasteiger partial charge in [-0.3, -0.25) is 4.79 Å². The highest BCUT2D eigenvalue weighted by molar-refractivity contribution is 7.09. The van der Waals surface area contributed by atoms with Gasteiger partial charge in [-0.15, -0.1) is 11.3 Å². The molecule has 1 aliphatic rings. The molecule has 2 rings (SSSR count). The van der Waals surface area contributed by atoms with Crippen molar-refractivity contribution in [1.29, 1.82) is 0 Å². The molecule has 1 saturated heterocycles. The normalized spacial score (nSPS) is 20.6. The Morgan fingerprint density at radius 2 is 2.59 bits per heavy atom. The molecule has 1 atom stereocenters. The Bertz CT molecular complexity index is 394. The van der Waals surface area contributed by atoms with Crippen molar-refractivity contribution < 1.29 is 14.6 Å². The fraction of sp³-hybridized carbons (Fsp3) is 0.636. The summed E-state index contributed by atoms with van der Waals surface area (Å²) in [5.41, 5.74) is 0.824. The van der Waals surface area contributed by atoms with Crippen molar-refractivity contribution in [2.75, 3.05) is 26.3 Å². The van der Waals surface area contributed by atoms with E-state index >= 15 is 0 Å². The number of aromatic nitrogens is 1. The van der Waals surface area contributed by atoms with Crippen LogP contribution in [0.1, 0.15) is 10.7 Å². The smallest absolute Gasteiger partial charge is 0.228 e. The summed E-state index contributed by atoms with van der Waals surface area (Å²) in [6, 6.07) is 0. The second-order valence-corrected chi connectivity index (χ2v) is 5.11. The van der Waals surface area contributed by atoms with E-state index in [4.69, 9.17) is 9.84 Å². The predicted octanol–water partition coefficient (Wildman–Crippen LogP) is 0.214. The van der Waals surface area contributed by atoms with Gasteiger partial charge >= 0.3 is 0 Å². The molecule has 0 spiro atoms. The van der Waals surface area contributed by atoms with Crippen molar-refractivity contribution >= 4 is 17.2 Å². The van der Waals surface area contributed by atoms with Crippen LogP contribution in [0.2, 0.25) is 0 Å². The molecule has 0 saturated carbocycles. The molecule has 6 heteroatoms. The second kappa shape index (κ2) is 5.57. The van der Waals surface area contributed by atoms with Crippen LogP contribution in [0.3, 0.4) is 0 Å². The Balaban J connectivity index is 1.91. The lowest BCUT2D eigenvalue weighted by atomic mass is 10.2. The Kier molecular flexibility index (Phi) is 4.09. The van der Waals surface area contributed by atoms with Crippen molar-refractivity contribution in [2.24, 2.45) is 0 Å². The van der Waals surface area contributed by atoms with Crippen LogP contribution in [0, 0.1) is 6.92 Å². The average molecular weight is 256 g/mol. The summed E-state index contributed by atoms with van der Waals surface area (Å²) in [5.74, 6) is 0.0528. The number of aliphatic hydroxyl groups is 1. The fourth-order valence-electron chi connectivity index (χ4n) is 1.81. The van der Waals surface area contributed by atoms with Gasteiger partial charge in [0.05, 0.1) is 36.4 Å². The molecule has 1 aromatic heterocycles. The first kappa shape index (κ1) is 12.5. The number of thiazole rings is 1. The van der Waals surface area contributed by atoms with E-state index in [2.05, 4.69) is 4.98 Å². The minimum Gasteiger partial charge on any atom is -0.394 e. The lowest BCUT2D eigenvalue weighted by molar-refractivity contribution is -0.139. The number of aryl methyl sites for hydroxylation is 1. The van der Waals surface area contributed by atoms with E-state index < -0.39 is 0 Å². The van der Waals surface area contributed by atoms with Gasteiger partial charge in [0.1, 0.15) is 0 Å². The number of morpholine rings is 1. The van der Waals surface area contributed by atoms with Gasteiger partial charge in [0.2, 0.25) is 5.91 Å². The number of ether oxygens (including phenoxy) is 1. The molecule has 0 radical (unpaired) electrons. The van der Waals surface area contributed by atoms with E-state index in [1.165, 1.54) is 0 Å². The lowest BCUT2D eigenvalue weighted by Gasteiger charge is -2.31. The second-order valence-electron chi connectivity index (χ2n) is 4.05. The minimum atomic E-state index is -0.245. The van der Waals surface area contributed by atoms with E-state index in [0.717, 1.165) is 10.7 Å². The van der Waals surface area contributed by atoms with Gasteiger partial charge in [-0.05, 0) is 6.92 Å². The van der Waals surface area contributed by atoms with Crippen molar-refractivity contribution in [1.82, 2.24) is 9.88 Å². The standard InChI is InChI=1S/C11H16N2O3S/c1-8-12-9(7-17-8)4-11(15)13-2-3-16-10(5-13)6-14/h7,10,14H,2-6H2,1H3. The molecule has 1 fully saturated rings. The summed E-state index contributed by atoms with van der Waals surface area (Å²) in [7, 11) is 0. The maximum absolute atomic E-state index is 12.0. The Morgan fingerprint density at radius 1 is 1.76 bits per heavy atom. The van der Waals surface area contributed by atoms with Gasteiger partial charge in [0.25, 0.3) is 0 Å². The summed E-state index contributed by atoms with van der Waals surface area (Å²) < 4.78 is 5.30. The SMILES string of the molecule is Cc1nc(CC(=O)N2CCOC(CO)C2)cs1. The summed E-state index contributed by atoms with van der Waals surface area (Å²) >= 11 is 1.55. The maximum atomic E-state index is 12.0. The molecule has 17 heavy (non-hydrogen) atoms. The van der Waals surface area contributed by atoms with Gasteiger partial charge in [-0.2, -0.15) is 0 Å². The van der Waals surface area contributed by atoms with Gasteiger partial charge in [0, 0.05) is 18.5 Å². The topological polar surface area (TPSA) is 62.7 Å². The van der Waals surface area contributed by atoms with Crippen molar-refractivity contribution in [3.05, 3.63) is 16.1 Å². The van der Waals surface area contributed by atoms with Gasteiger partial charge in [-0.25, -0.2) is 4.98 Å². The van der Waals surface area contributed by atoms with Crippen LogP contribution < -0.4 is 0 Å². The zero-order chi connectivity index (χ0) is 12.3. The maximum Gasteiger partial charge on any atom is 0.228 e. The molecule has 0 aromatic carbocycles. The number of nitrogens with zero attached hydrogens (tertiary/aromatic N) is 2. The number of carbonyl (C=O) groups excluding carboxylic acids is 1. The van der Waals surface area contributed by atoms with E-state index in [1.54, 1.807) is 16.2 Å². The van der Waals surface area contributed by atoms with Crippen molar-refractivity contribution in [2.45, 2.75) is 19.4 Å². The molecule has 1 aromatic rings. The van der Waals surface area contributed by atoms with Crippen LogP contribution >= 0.6 is 11.3 Å². The Morgan fingerprint density at radius 3 is 3.24 bits per heavy atom. The summed E-state index contributed by atoms with van der Waals surface area (Å²) in [6.45, 7) is 3.44. The molecule has 1 N–H and O–H groups in total. The van der Waals surface area contributed by atoms with Gasteiger partial charge in [0.15, 0.2) is 0 Å². The van der Waals surface area contributed by atoms with Crippen LogP contribution in [0.5, 0.6) is 0 Å². The van der Waals surface area contributed by atoms with Crippen LogP contribution in [0.15, 0.2) is 5.38 Å². The number of aliphatic hydroxyl groups excluding tert-OH is 1. The van der Waals surface area contributed by atoms with E-state index in [0.29, 0.717) is 26.1 Å². The zero-order valence-corrected chi connectivity index (χ0v) is 10.6. The van der Waals surface area contributed by atoms with Crippen molar-refractivity contribution in [3.63, 3.8) is 0 Å². The number of hydrogen-bond acceptors (Lipinski definition) is 5. The number of amides is 1. The third kappa shape index (κ3) is 3.24. The predicted molar refractivity (Wildman–Crippen MR) is 64.0 cm³/mol. The molecular weight excluding hydrogens is 240 g/mol. The van der Waals surface area contributed by atoms with Crippen molar-refractivity contribution in [3.8, 4) is 0 Å². The average Bonchev–Trinajstić information content (AvgIpc) is 2.75. The molecule has 0 aliphatic carbocycles. The first-order chi connectivity index (χ1) is 8.19. The molecule has 0 bridgehead atoms. The molecule has 1 unspecified atom stereocenters. The van der Waals surface area contributed by atoms with E-state index in [1.807, 2.05) is 12.3 Å². The van der Waals surface area contributed by atoms with Crippen LogP contribution in [-0.2, 0) is 16.0 Å². The largest absolute Gasteiger partial charge is 0.394 e. The summed E-state index contributed by atoms with van der Waals surface area (Å²) in [6.07, 6.45) is 0.0903. The van der Waals surface area contributed by atoms with Crippen LogP contribution in [-0.4, -0.2) is 53.3 Å². The number of rotatable bonds is 3. The van der Waals surface area contributed by atoms with Crippen LogP contribution in [0.25, 0.3) is 0 Å². The number of carbonyl (C=O) groups is 1. The first-order valence-electron chi connectivity index (χ1n) is 5.60. The number of hydrogen-bond donors (Lipinski definition) is 1. The fourth-order valence-corrected chi connectivity index (χ4v) is 2.43. The third-order valence-corrected chi connectivity index (χ3v) is 3.52. The van der Waals surface area contributed by atoms with E-state index in [9.17, 15) is 4.79 Å². The Labute approximate surface area is 104 Å².